The molecule has 0 spiro atoms. The summed E-state index contributed by atoms with van der Waals surface area (Å²) in [6.07, 6.45) is 1.64. The van der Waals surface area contributed by atoms with Crippen LogP contribution < -0.4 is 5.32 Å². The summed E-state index contributed by atoms with van der Waals surface area (Å²) in [5.74, 6) is 6.21. The van der Waals surface area contributed by atoms with Crippen LogP contribution in [-0.4, -0.2) is 10.9 Å². The van der Waals surface area contributed by atoms with Gasteiger partial charge in [0, 0.05) is 23.0 Å². The van der Waals surface area contributed by atoms with Crippen molar-refractivity contribution in [2.45, 2.75) is 27.7 Å². The molecule has 0 aliphatic heterocycles. The van der Waals surface area contributed by atoms with Crippen LogP contribution in [0.15, 0.2) is 54.7 Å². The van der Waals surface area contributed by atoms with Gasteiger partial charge in [0.2, 0.25) is 0 Å². The molecule has 0 aliphatic rings. The number of carbonyl (C=O) groups is 1. The molecule has 0 fully saturated rings. The van der Waals surface area contributed by atoms with E-state index in [1.54, 1.807) is 12.3 Å². The first-order valence-corrected chi connectivity index (χ1v) is 8.86. The van der Waals surface area contributed by atoms with E-state index in [1.807, 2.05) is 44.2 Å². The van der Waals surface area contributed by atoms with Gasteiger partial charge in [0.1, 0.15) is 5.69 Å². The Morgan fingerprint density at radius 1 is 0.852 bits per heavy atom. The maximum atomic E-state index is 12.4. The van der Waals surface area contributed by atoms with Crippen molar-refractivity contribution in [2.24, 2.45) is 0 Å². The maximum absolute atomic E-state index is 12.4. The predicted octanol–water partition coefficient (Wildman–Crippen LogP) is 4.97. The molecular formula is C24H22N2O. The first-order chi connectivity index (χ1) is 12.9. The van der Waals surface area contributed by atoms with Gasteiger partial charge in [0.15, 0.2) is 0 Å². The van der Waals surface area contributed by atoms with Gasteiger partial charge in [-0.15, -0.1) is 0 Å². The zero-order valence-corrected chi connectivity index (χ0v) is 16.1. The number of hydrogen-bond acceptors (Lipinski definition) is 2. The Labute approximate surface area is 160 Å². The number of aryl methyl sites for hydroxylation is 4. The minimum absolute atomic E-state index is 0.226. The van der Waals surface area contributed by atoms with E-state index in [0.29, 0.717) is 11.4 Å². The maximum Gasteiger partial charge on any atom is 0.274 e. The summed E-state index contributed by atoms with van der Waals surface area (Å²) >= 11 is 0. The average molecular weight is 354 g/mol. The van der Waals surface area contributed by atoms with Gasteiger partial charge in [-0.25, -0.2) is 0 Å². The molecule has 1 heterocycles. The van der Waals surface area contributed by atoms with Crippen LogP contribution >= 0.6 is 0 Å². The number of aromatic nitrogens is 1. The van der Waals surface area contributed by atoms with E-state index < -0.39 is 0 Å². The lowest BCUT2D eigenvalue weighted by molar-refractivity contribution is 0.102. The standard InChI is InChI=1S/C24H22N2O/c1-16-11-12-25-23(13-16)24(27)26-22-10-6-18(3)21(15-22)9-8-20-7-5-17(2)19(4)14-20/h5-7,10-15H,1-4H3,(H,26,27). The highest BCUT2D eigenvalue weighted by molar-refractivity contribution is 6.03. The first kappa shape index (κ1) is 18.4. The summed E-state index contributed by atoms with van der Waals surface area (Å²) in [6, 6.07) is 15.6. The Kier molecular flexibility index (Phi) is 5.38. The van der Waals surface area contributed by atoms with Gasteiger partial charge in [-0.1, -0.05) is 24.0 Å². The normalized spacial score (nSPS) is 10.1. The number of pyridine rings is 1. The van der Waals surface area contributed by atoms with E-state index in [9.17, 15) is 4.79 Å². The Morgan fingerprint density at radius 3 is 2.37 bits per heavy atom. The second kappa shape index (κ2) is 7.88. The van der Waals surface area contributed by atoms with Crippen molar-refractivity contribution in [3.05, 3.63) is 93.8 Å². The topological polar surface area (TPSA) is 42.0 Å². The fraction of sp³-hybridized carbons (Fsp3) is 0.167. The minimum Gasteiger partial charge on any atom is -0.321 e. The molecule has 0 radical (unpaired) electrons. The lowest BCUT2D eigenvalue weighted by Gasteiger charge is -2.07. The first-order valence-electron chi connectivity index (χ1n) is 8.86. The molecule has 0 aliphatic carbocycles. The molecule has 1 amide bonds. The monoisotopic (exact) mass is 354 g/mol. The number of anilines is 1. The third-order valence-electron chi connectivity index (χ3n) is 4.49. The molecule has 0 saturated carbocycles. The summed E-state index contributed by atoms with van der Waals surface area (Å²) in [4.78, 5) is 16.5. The molecule has 3 heteroatoms. The molecule has 27 heavy (non-hydrogen) atoms. The van der Waals surface area contributed by atoms with Crippen LogP contribution in [0.25, 0.3) is 0 Å². The van der Waals surface area contributed by atoms with Crippen molar-refractivity contribution < 1.29 is 4.79 Å². The van der Waals surface area contributed by atoms with Crippen molar-refractivity contribution in [1.29, 1.82) is 0 Å². The summed E-state index contributed by atoms with van der Waals surface area (Å²) in [7, 11) is 0. The number of hydrogen-bond donors (Lipinski definition) is 1. The van der Waals surface area contributed by atoms with Crippen LogP contribution in [0, 0.1) is 39.5 Å². The molecule has 0 atom stereocenters. The fourth-order valence-electron chi connectivity index (χ4n) is 2.65. The van der Waals surface area contributed by atoms with E-state index in [1.165, 1.54) is 11.1 Å². The fourth-order valence-corrected chi connectivity index (χ4v) is 2.65. The molecule has 1 aromatic heterocycles. The second-order valence-corrected chi connectivity index (χ2v) is 6.75. The van der Waals surface area contributed by atoms with Crippen LogP contribution in [0.4, 0.5) is 5.69 Å². The van der Waals surface area contributed by atoms with Crippen LogP contribution in [-0.2, 0) is 0 Å². The van der Waals surface area contributed by atoms with Crippen molar-refractivity contribution >= 4 is 11.6 Å². The van der Waals surface area contributed by atoms with Gasteiger partial charge in [0.05, 0.1) is 0 Å². The molecule has 3 rings (SSSR count). The summed E-state index contributed by atoms with van der Waals surface area (Å²) in [5.41, 5.74) is 7.53. The molecule has 1 N–H and O–H groups in total. The predicted molar refractivity (Wildman–Crippen MR) is 110 cm³/mol. The highest BCUT2D eigenvalue weighted by Crippen LogP contribution is 2.16. The third kappa shape index (κ3) is 4.62. The summed E-state index contributed by atoms with van der Waals surface area (Å²) < 4.78 is 0. The Morgan fingerprint density at radius 2 is 1.63 bits per heavy atom. The molecule has 3 nitrogen and oxygen atoms in total. The van der Waals surface area contributed by atoms with Crippen LogP contribution in [0.2, 0.25) is 0 Å². The van der Waals surface area contributed by atoms with Gasteiger partial charge >= 0.3 is 0 Å². The summed E-state index contributed by atoms with van der Waals surface area (Å²) in [6.45, 7) is 8.12. The van der Waals surface area contributed by atoms with Crippen molar-refractivity contribution in [3.8, 4) is 11.8 Å². The van der Waals surface area contributed by atoms with Gasteiger partial charge in [-0.2, -0.15) is 0 Å². The number of carbonyl (C=O) groups excluding carboxylic acids is 1. The Hall–Kier alpha value is -3.38. The van der Waals surface area contributed by atoms with Crippen LogP contribution in [0.3, 0.4) is 0 Å². The Bertz CT molecular complexity index is 1070. The lowest BCUT2D eigenvalue weighted by atomic mass is 10.0. The second-order valence-electron chi connectivity index (χ2n) is 6.75. The SMILES string of the molecule is Cc1ccnc(C(=O)Nc2ccc(C)c(C#Cc3ccc(C)c(C)c3)c2)c1. The highest BCUT2D eigenvalue weighted by atomic mass is 16.1. The zero-order valence-electron chi connectivity index (χ0n) is 16.1. The molecule has 0 saturated heterocycles. The van der Waals surface area contributed by atoms with E-state index in [0.717, 1.165) is 22.3 Å². The zero-order chi connectivity index (χ0) is 19.4. The number of rotatable bonds is 2. The van der Waals surface area contributed by atoms with E-state index in [2.05, 4.69) is 48.1 Å². The van der Waals surface area contributed by atoms with Gasteiger partial charge in [-0.05, 0) is 86.3 Å². The van der Waals surface area contributed by atoms with Crippen molar-refractivity contribution in [2.75, 3.05) is 5.32 Å². The lowest BCUT2D eigenvalue weighted by Crippen LogP contribution is -2.13. The molecule has 134 valence electrons. The van der Waals surface area contributed by atoms with E-state index in [4.69, 9.17) is 0 Å². The smallest absolute Gasteiger partial charge is 0.274 e. The Balaban J connectivity index is 1.83. The van der Waals surface area contributed by atoms with Gasteiger partial charge in [0.25, 0.3) is 5.91 Å². The largest absolute Gasteiger partial charge is 0.321 e. The molecular weight excluding hydrogens is 332 g/mol. The number of nitrogens with zero attached hydrogens (tertiary/aromatic N) is 1. The van der Waals surface area contributed by atoms with Crippen molar-refractivity contribution in [1.82, 2.24) is 4.98 Å². The quantitative estimate of drug-likeness (QED) is 0.660. The molecule has 2 aromatic carbocycles. The van der Waals surface area contributed by atoms with E-state index >= 15 is 0 Å². The third-order valence-corrected chi connectivity index (χ3v) is 4.49. The molecule has 0 bridgehead atoms. The van der Waals surface area contributed by atoms with Gasteiger partial charge in [-0.3, -0.25) is 9.78 Å². The van der Waals surface area contributed by atoms with E-state index in [-0.39, 0.29) is 5.91 Å². The molecule has 3 aromatic rings. The number of amides is 1. The minimum atomic E-state index is -0.226. The van der Waals surface area contributed by atoms with Crippen molar-refractivity contribution in [3.63, 3.8) is 0 Å². The highest BCUT2D eigenvalue weighted by Gasteiger charge is 2.08. The molecule has 0 unspecified atom stereocenters. The summed E-state index contributed by atoms with van der Waals surface area (Å²) in [5, 5.41) is 2.90. The van der Waals surface area contributed by atoms with Gasteiger partial charge < -0.3 is 5.32 Å². The van der Waals surface area contributed by atoms with Crippen LogP contribution in [0.5, 0.6) is 0 Å². The van der Waals surface area contributed by atoms with Crippen LogP contribution in [0.1, 0.15) is 43.9 Å². The number of nitrogens with one attached hydrogen (secondary N) is 1. The number of benzene rings is 2. The average Bonchev–Trinajstić information content (AvgIpc) is 2.65.